The molecular formula is C14H20O4. The molecule has 0 heterocycles. The highest BCUT2D eigenvalue weighted by atomic mass is 16.6. The van der Waals surface area contributed by atoms with Gasteiger partial charge in [0.15, 0.2) is 5.60 Å². The van der Waals surface area contributed by atoms with Crippen molar-refractivity contribution in [3.05, 3.63) is 29.8 Å². The molecule has 0 saturated heterocycles. The van der Waals surface area contributed by atoms with Crippen LogP contribution in [0.15, 0.2) is 24.3 Å². The van der Waals surface area contributed by atoms with E-state index in [9.17, 15) is 9.90 Å². The van der Waals surface area contributed by atoms with Gasteiger partial charge in [-0.25, -0.2) is 4.79 Å². The number of benzene rings is 1. The van der Waals surface area contributed by atoms with Crippen LogP contribution in [-0.4, -0.2) is 23.8 Å². The zero-order chi connectivity index (χ0) is 13.8. The van der Waals surface area contributed by atoms with Crippen molar-refractivity contribution in [3.8, 4) is 5.75 Å². The first-order valence-electron chi connectivity index (χ1n) is 5.96. The number of hydrogen-bond donors (Lipinski definition) is 1. The first kappa shape index (κ1) is 14.5. The minimum absolute atomic E-state index is 0.430. The fourth-order valence-corrected chi connectivity index (χ4v) is 1.58. The van der Waals surface area contributed by atoms with Gasteiger partial charge < -0.3 is 14.6 Å². The Morgan fingerprint density at radius 2 is 1.89 bits per heavy atom. The Morgan fingerprint density at radius 1 is 1.33 bits per heavy atom. The van der Waals surface area contributed by atoms with Gasteiger partial charge in [0.2, 0.25) is 0 Å². The lowest BCUT2D eigenvalue weighted by Crippen LogP contribution is -2.39. The summed E-state index contributed by atoms with van der Waals surface area (Å²) in [6.45, 7) is 5.21. The van der Waals surface area contributed by atoms with E-state index in [1.54, 1.807) is 38.1 Å². The van der Waals surface area contributed by atoms with Crippen molar-refractivity contribution in [3.63, 3.8) is 0 Å². The number of methoxy groups -OCH3 is 1. The fraction of sp³-hybridized carbons (Fsp3) is 0.500. The number of ether oxygens (including phenoxy) is 2. The fourth-order valence-electron chi connectivity index (χ4n) is 1.58. The standard InChI is InChI=1S/C14H20O4/c1-5-12(15)10-6-8-11(9-7-10)18-14(2,3)13(16)17-4/h6-9,12,15H,5H2,1-4H3. The van der Waals surface area contributed by atoms with Crippen LogP contribution in [0.4, 0.5) is 0 Å². The lowest BCUT2D eigenvalue weighted by atomic mass is 10.1. The first-order valence-corrected chi connectivity index (χ1v) is 5.96. The van der Waals surface area contributed by atoms with Gasteiger partial charge in [0.1, 0.15) is 5.75 Å². The van der Waals surface area contributed by atoms with E-state index in [4.69, 9.17) is 4.74 Å². The van der Waals surface area contributed by atoms with Crippen LogP contribution in [0.3, 0.4) is 0 Å². The molecule has 1 aromatic rings. The molecule has 4 heteroatoms. The van der Waals surface area contributed by atoms with Crippen LogP contribution >= 0.6 is 0 Å². The van der Waals surface area contributed by atoms with Crippen molar-refractivity contribution in [1.29, 1.82) is 0 Å². The molecule has 0 amide bonds. The number of esters is 1. The smallest absolute Gasteiger partial charge is 0.349 e. The molecule has 0 aliphatic heterocycles. The molecule has 0 spiro atoms. The molecule has 1 aromatic carbocycles. The van der Waals surface area contributed by atoms with Crippen molar-refractivity contribution in [2.45, 2.75) is 38.9 Å². The second-order valence-electron chi connectivity index (χ2n) is 4.60. The summed E-state index contributed by atoms with van der Waals surface area (Å²) in [4.78, 5) is 11.5. The zero-order valence-corrected chi connectivity index (χ0v) is 11.3. The summed E-state index contributed by atoms with van der Waals surface area (Å²) in [7, 11) is 1.33. The van der Waals surface area contributed by atoms with Crippen LogP contribution in [0, 0.1) is 0 Å². The number of aliphatic hydroxyl groups excluding tert-OH is 1. The average molecular weight is 252 g/mol. The summed E-state index contributed by atoms with van der Waals surface area (Å²) in [5.41, 5.74) is -0.194. The largest absolute Gasteiger partial charge is 0.476 e. The van der Waals surface area contributed by atoms with E-state index in [1.807, 2.05) is 6.92 Å². The summed E-state index contributed by atoms with van der Waals surface area (Å²) in [6.07, 6.45) is 0.195. The highest BCUT2D eigenvalue weighted by Crippen LogP contribution is 2.23. The number of carbonyl (C=O) groups is 1. The van der Waals surface area contributed by atoms with Gasteiger partial charge >= 0.3 is 5.97 Å². The van der Waals surface area contributed by atoms with Crippen LogP contribution < -0.4 is 4.74 Å². The molecule has 1 N–H and O–H groups in total. The van der Waals surface area contributed by atoms with E-state index >= 15 is 0 Å². The molecule has 0 bridgehead atoms. The molecule has 0 aliphatic carbocycles. The van der Waals surface area contributed by atoms with Gasteiger partial charge in [-0.3, -0.25) is 0 Å². The summed E-state index contributed by atoms with van der Waals surface area (Å²) in [5.74, 6) is 0.137. The Balaban J connectivity index is 2.78. The van der Waals surface area contributed by atoms with Gasteiger partial charge in [-0.05, 0) is 38.0 Å². The van der Waals surface area contributed by atoms with E-state index in [0.29, 0.717) is 12.2 Å². The van der Waals surface area contributed by atoms with Gasteiger partial charge in [-0.15, -0.1) is 0 Å². The molecule has 1 rings (SSSR count). The van der Waals surface area contributed by atoms with Gasteiger partial charge in [0.25, 0.3) is 0 Å². The molecule has 0 aliphatic rings. The van der Waals surface area contributed by atoms with Crippen molar-refractivity contribution < 1.29 is 19.4 Å². The van der Waals surface area contributed by atoms with Crippen molar-refractivity contribution in [1.82, 2.24) is 0 Å². The minimum atomic E-state index is -1.03. The molecule has 1 atom stereocenters. The quantitative estimate of drug-likeness (QED) is 0.818. The molecular weight excluding hydrogens is 232 g/mol. The van der Waals surface area contributed by atoms with Crippen molar-refractivity contribution in [2.75, 3.05) is 7.11 Å². The van der Waals surface area contributed by atoms with Gasteiger partial charge in [0, 0.05) is 0 Å². The number of hydrogen-bond acceptors (Lipinski definition) is 4. The van der Waals surface area contributed by atoms with Crippen LogP contribution in [-0.2, 0) is 9.53 Å². The maximum Gasteiger partial charge on any atom is 0.349 e. The van der Waals surface area contributed by atoms with Crippen molar-refractivity contribution >= 4 is 5.97 Å². The van der Waals surface area contributed by atoms with Crippen LogP contribution in [0.2, 0.25) is 0 Å². The Labute approximate surface area is 108 Å². The van der Waals surface area contributed by atoms with Crippen LogP contribution in [0.5, 0.6) is 5.75 Å². The molecule has 18 heavy (non-hydrogen) atoms. The average Bonchev–Trinajstić information content (AvgIpc) is 2.37. The number of carbonyl (C=O) groups excluding carboxylic acids is 1. The summed E-state index contributed by atoms with van der Waals surface area (Å²) < 4.78 is 10.2. The molecule has 0 radical (unpaired) electrons. The molecule has 0 fully saturated rings. The lowest BCUT2D eigenvalue weighted by Gasteiger charge is -2.23. The maximum atomic E-state index is 11.5. The highest BCUT2D eigenvalue weighted by molar-refractivity contribution is 5.78. The first-order chi connectivity index (χ1) is 8.40. The second-order valence-corrected chi connectivity index (χ2v) is 4.60. The van der Waals surface area contributed by atoms with E-state index in [1.165, 1.54) is 7.11 Å². The van der Waals surface area contributed by atoms with E-state index < -0.39 is 17.7 Å². The van der Waals surface area contributed by atoms with Crippen molar-refractivity contribution in [2.24, 2.45) is 0 Å². The number of aliphatic hydroxyl groups is 1. The Bertz CT molecular complexity index is 395. The Kier molecular flexibility index (Phi) is 4.73. The molecule has 0 saturated carbocycles. The maximum absolute atomic E-state index is 11.5. The Hall–Kier alpha value is -1.55. The summed E-state index contributed by atoms with van der Waals surface area (Å²) in [6, 6.07) is 7.05. The minimum Gasteiger partial charge on any atom is -0.476 e. The lowest BCUT2D eigenvalue weighted by molar-refractivity contribution is -0.156. The van der Waals surface area contributed by atoms with E-state index in [-0.39, 0.29) is 0 Å². The van der Waals surface area contributed by atoms with Gasteiger partial charge in [-0.2, -0.15) is 0 Å². The third kappa shape index (κ3) is 3.47. The monoisotopic (exact) mass is 252 g/mol. The molecule has 100 valence electrons. The Morgan fingerprint density at radius 3 is 2.33 bits per heavy atom. The SMILES string of the molecule is CCC(O)c1ccc(OC(C)(C)C(=O)OC)cc1. The summed E-state index contributed by atoms with van der Waals surface area (Å²) >= 11 is 0. The highest BCUT2D eigenvalue weighted by Gasteiger charge is 2.30. The number of rotatable bonds is 5. The predicted molar refractivity (Wildman–Crippen MR) is 68.4 cm³/mol. The third-order valence-electron chi connectivity index (χ3n) is 2.70. The molecule has 0 aromatic heterocycles. The molecule has 1 unspecified atom stereocenters. The normalized spacial score (nSPS) is 12.9. The third-order valence-corrected chi connectivity index (χ3v) is 2.70. The second kappa shape index (κ2) is 5.87. The van der Waals surface area contributed by atoms with Crippen LogP contribution in [0.1, 0.15) is 38.9 Å². The zero-order valence-electron chi connectivity index (χ0n) is 11.3. The van der Waals surface area contributed by atoms with Gasteiger partial charge in [0.05, 0.1) is 13.2 Å². The predicted octanol–water partition coefficient (Wildman–Crippen LogP) is 2.46. The molecule has 4 nitrogen and oxygen atoms in total. The summed E-state index contributed by atoms with van der Waals surface area (Å²) in [5, 5.41) is 9.66. The van der Waals surface area contributed by atoms with E-state index in [0.717, 1.165) is 5.56 Å². The topological polar surface area (TPSA) is 55.8 Å². The van der Waals surface area contributed by atoms with E-state index in [2.05, 4.69) is 4.74 Å². The van der Waals surface area contributed by atoms with Crippen LogP contribution in [0.25, 0.3) is 0 Å². The van der Waals surface area contributed by atoms with Gasteiger partial charge in [-0.1, -0.05) is 19.1 Å².